The largest absolute Gasteiger partial charge is 0.478 e. The van der Waals surface area contributed by atoms with E-state index in [9.17, 15) is 19.5 Å². The average Bonchev–Trinajstić information content (AvgIpc) is 2.71. The zero-order valence-electron chi connectivity index (χ0n) is 10.8. The van der Waals surface area contributed by atoms with Crippen molar-refractivity contribution in [1.82, 2.24) is 0 Å². The maximum Gasteiger partial charge on any atom is 0.337 e. The fourth-order valence-corrected chi connectivity index (χ4v) is 4.43. The molecule has 0 atom stereocenters. The molecule has 0 bridgehead atoms. The number of carboxylic acids is 1. The van der Waals surface area contributed by atoms with Crippen LogP contribution in [0.1, 0.15) is 31.1 Å². The number of carboxylic acid groups (broad SMARTS) is 1. The molecular formula is C15H7I2NO4. The summed E-state index contributed by atoms with van der Waals surface area (Å²) >= 11 is 3.94. The van der Waals surface area contributed by atoms with Crippen LogP contribution >= 0.6 is 45.2 Å². The molecule has 1 heterocycles. The fraction of sp³-hybridized carbons (Fsp3) is 0. The van der Waals surface area contributed by atoms with Gasteiger partial charge in [-0.2, -0.15) is 0 Å². The second kappa shape index (κ2) is 5.61. The highest BCUT2D eigenvalue weighted by Gasteiger charge is 2.39. The lowest BCUT2D eigenvalue weighted by molar-refractivity contribution is 0.0697. The smallest absolute Gasteiger partial charge is 0.337 e. The third-order valence-corrected chi connectivity index (χ3v) is 4.72. The van der Waals surface area contributed by atoms with Gasteiger partial charge in [0.1, 0.15) is 0 Å². The van der Waals surface area contributed by atoms with Crippen LogP contribution in [-0.2, 0) is 0 Å². The average molecular weight is 519 g/mol. The minimum absolute atomic E-state index is 0.0641. The number of anilines is 1. The summed E-state index contributed by atoms with van der Waals surface area (Å²) < 4.78 is 1.26. The summed E-state index contributed by atoms with van der Waals surface area (Å²) in [5, 5.41) is 9.41. The first-order valence-corrected chi connectivity index (χ1v) is 8.27. The first-order chi connectivity index (χ1) is 10.4. The van der Waals surface area contributed by atoms with Crippen molar-refractivity contribution in [2.75, 3.05) is 4.90 Å². The molecule has 2 aromatic carbocycles. The van der Waals surface area contributed by atoms with E-state index in [4.69, 9.17) is 0 Å². The third kappa shape index (κ3) is 2.32. The van der Waals surface area contributed by atoms with Crippen molar-refractivity contribution in [1.29, 1.82) is 0 Å². The number of hydrogen-bond donors (Lipinski definition) is 1. The second-order valence-electron chi connectivity index (χ2n) is 4.58. The number of imide groups is 1. The lowest BCUT2D eigenvalue weighted by Gasteiger charge is -2.18. The number of amides is 2. The van der Waals surface area contributed by atoms with E-state index in [1.807, 2.05) is 45.2 Å². The molecule has 0 saturated heterocycles. The number of carbonyl (C=O) groups excluding carboxylic acids is 2. The van der Waals surface area contributed by atoms with Gasteiger partial charge in [-0.3, -0.25) is 9.59 Å². The van der Waals surface area contributed by atoms with E-state index in [2.05, 4.69) is 0 Å². The highest BCUT2D eigenvalue weighted by molar-refractivity contribution is 14.1. The Hall–Kier alpha value is -1.49. The topological polar surface area (TPSA) is 74.7 Å². The third-order valence-electron chi connectivity index (χ3n) is 3.28. The number of halogens is 2. The molecule has 2 amide bonds. The van der Waals surface area contributed by atoms with Gasteiger partial charge in [-0.25, -0.2) is 9.69 Å². The maximum atomic E-state index is 12.5. The Morgan fingerprint density at radius 3 is 2.05 bits per heavy atom. The highest BCUT2D eigenvalue weighted by Crippen LogP contribution is 2.35. The number of benzene rings is 2. The van der Waals surface area contributed by atoms with Gasteiger partial charge in [0.15, 0.2) is 0 Å². The summed E-state index contributed by atoms with van der Waals surface area (Å²) in [6.45, 7) is 0. The summed E-state index contributed by atoms with van der Waals surface area (Å²) in [6.07, 6.45) is 0. The van der Waals surface area contributed by atoms with E-state index in [-0.39, 0.29) is 22.4 Å². The van der Waals surface area contributed by atoms with Crippen LogP contribution in [0.4, 0.5) is 5.69 Å². The van der Waals surface area contributed by atoms with Crippen LogP contribution in [0.25, 0.3) is 0 Å². The standard InChI is InChI=1S/C15H7I2NO4/c16-7-5-10(15(21)22)12(11(17)6-7)18-13(19)8-3-1-2-4-9(8)14(18)20/h1-6H,(H,21,22). The van der Waals surface area contributed by atoms with Gasteiger partial charge in [-0.1, -0.05) is 12.1 Å². The van der Waals surface area contributed by atoms with Crippen molar-refractivity contribution in [3.8, 4) is 0 Å². The van der Waals surface area contributed by atoms with Crippen molar-refractivity contribution in [2.45, 2.75) is 0 Å². The molecule has 0 fully saturated rings. The molecular weight excluding hydrogens is 512 g/mol. The van der Waals surface area contributed by atoms with E-state index < -0.39 is 17.8 Å². The zero-order valence-corrected chi connectivity index (χ0v) is 15.2. The number of rotatable bonds is 2. The molecule has 0 spiro atoms. The van der Waals surface area contributed by atoms with Crippen LogP contribution in [0.3, 0.4) is 0 Å². The van der Waals surface area contributed by atoms with Crippen molar-refractivity contribution >= 4 is 68.7 Å². The van der Waals surface area contributed by atoms with Gasteiger partial charge >= 0.3 is 5.97 Å². The summed E-state index contributed by atoms with van der Waals surface area (Å²) in [5.74, 6) is -2.17. The molecule has 1 aliphatic heterocycles. The van der Waals surface area contributed by atoms with Gasteiger partial charge < -0.3 is 5.11 Å². The molecule has 110 valence electrons. The lowest BCUT2D eigenvalue weighted by atomic mass is 10.1. The highest BCUT2D eigenvalue weighted by atomic mass is 127. The Balaban J connectivity index is 2.24. The molecule has 0 radical (unpaired) electrons. The van der Waals surface area contributed by atoms with Crippen LogP contribution in [0.2, 0.25) is 0 Å². The van der Waals surface area contributed by atoms with Crippen molar-refractivity contribution < 1.29 is 19.5 Å². The van der Waals surface area contributed by atoms with Crippen molar-refractivity contribution in [2.24, 2.45) is 0 Å². The summed E-state index contributed by atoms with van der Waals surface area (Å²) in [4.78, 5) is 37.5. The van der Waals surface area contributed by atoms with E-state index >= 15 is 0 Å². The molecule has 0 aromatic heterocycles. The van der Waals surface area contributed by atoms with Crippen LogP contribution in [0.5, 0.6) is 0 Å². The minimum atomic E-state index is -1.18. The molecule has 0 unspecified atom stereocenters. The van der Waals surface area contributed by atoms with Gasteiger partial charge in [0.2, 0.25) is 0 Å². The lowest BCUT2D eigenvalue weighted by Crippen LogP contribution is -2.32. The van der Waals surface area contributed by atoms with Crippen LogP contribution in [0.15, 0.2) is 36.4 Å². The van der Waals surface area contributed by atoms with Crippen LogP contribution in [-0.4, -0.2) is 22.9 Å². The predicted molar refractivity (Wildman–Crippen MR) is 96.4 cm³/mol. The van der Waals surface area contributed by atoms with E-state index in [0.29, 0.717) is 3.57 Å². The Labute approximate surface area is 152 Å². The molecule has 2 aromatic rings. The van der Waals surface area contributed by atoms with E-state index in [1.165, 1.54) is 6.07 Å². The van der Waals surface area contributed by atoms with Gasteiger partial charge in [0.05, 0.1) is 22.4 Å². The molecule has 0 aliphatic carbocycles. The Morgan fingerprint density at radius 1 is 1.00 bits per heavy atom. The van der Waals surface area contributed by atoms with Crippen LogP contribution in [0, 0.1) is 7.14 Å². The van der Waals surface area contributed by atoms with Gasteiger partial charge in [-0.15, -0.1) is 0 Å². The summed E-state index contributed by atoms with van der Waals surface area (Å²) in [5.41, 5.74) is 0.641. The summed E-state index contributed by atoms with van der Waals surface area (Å²) in [7, 11) is 0. The predicted octanol–water partition coefficient (Wildman–Crippen LogP) is 3.39. The molecule has 22 heavy (non-hydrogen) atoms. The molecule has 0 saturated carbocycles. The number of fused-ring (bicyclic) bond motifs is 1. The number of aromatic carboxylic acids is 1. The first-order valence-electron chi connectivity index (χ1n) is 6.12. The SMILES string of the molecule is O=C(O)c1cc(I)cc(I)c1N1C(=O)c2ccccc2C1=O. The molecule has 3 rings (SSSR count). The van der Waals surface area contributed by atoms with Gasteiger partial charge in [0.25, 0.3) is 11.8 Å². The number of nitrogens with zero attached hydrogens (tertiary/aromatic N) is 1. The zero-order chi connectivity index (χ0) is 16.0. The monoisotopic (exact) mass is 519 g/mol. The molecule has 7 heteroatoms. The molecule has 5 nitrogen and oxygen atoms in total. The minimum Gasteiger partial charge on any atom is -0.478 e. The molecule has 1 aliphatic rings. The number of carbonyl (C=O) groups is 3. The van der Waals surface area contributed by atoms with Crippen molar-refractivity contribution in [3.05, 3.63) is 60.2 Å². The fourth-order valence-electron chi connectivity index (χ4n) is 2.35. The van der Waals surface area contributed by atoms with Gasteiger partial charge in [0, 0.05) is 7.14 Å². The first kappa shape index (κ1) is 15.4. The second-order valence-corrected chi connectivity index (χ2v) is 6.99. The van der Waals surface area contributed by atoms with E-state index in [1.54, 1.807) is 30.3 Å². The quantitative estimate of drug-likeness (QED) is 0.488. The van der Waals surface area contributed by atoms with E-state index in [0.717, 1.165) is 8.47 Å². The Kier molecular flexibility index (Phi) is 3.93. The van der Waals surface area contributed by atoms with Crippen LogP contribution < -0.4 is 4.90 Å². The molecule has 1 N–H and O–H groups in total. The number of hydrogen-bond acceptors (Lipinski definition) is 3. The normalized spacial score (nSPS) is 13.5. The summed E-state index contributed by atoms with van der Waals surface area (Å²) in [6, 6.07) is 9.65. The maximum absolute atomic E-state index is 12.5. The van der Waals surface area contributed by atoms with Crippen molar-refractivity contribution in [3.63, 3.8) is 0 Å². The van der Waals surface area contributed by atoms with Gasteiger partial charge in [-0.05, 0) is 69.4 Å². The Morgan fingerprint density at radius 2 is 1.55 bits per heavy atom. The Bertz CT molecular complexity index is 812.